The van der Waals surface area contributed by atoms with Crippen molar-refractivity contribution in [2.75, 3.05) is 0 Å². The second kappa shape index (κ2) is 8.56. The van der Waals surface area contributed by atoms with Crippen molar-refractivity contribution in [3.63, 3.8) is 0 Å². The highest BCUT2D eigenvalue weighted by Crippen LogP contribution is 2.24. The SMILES string of the molecule is CCCCCCCC=CC(OF)C(F)(F)F. The number of rotatable bonds is 8. The highest BCUT2D eigenvalue weighted by Gasteiger charge is 2.39. The standard InChI is InChI=1S/C11H18F4O/c1-2-3-4-5-6-7-8-9-10(16-15)11(12,13)14/h8-10H,2-7H2,1H3. The molecule has 0 aromatic carbocycles. The van der Waals surface area contributed by atoms with E-state index in [2.05, 4.69) is 11.9 Å². The summed E-state index contributed by atoms with van der Waals surface area (Å²) in [6.07, 6.45) is 0.648. The zero-order valence-corrected chi connectivity index (χ0v) is 9.39. The van der Waals surface area contributed by atoms with Gasteiger partial charge in [-0.3, -0.25) is 0 Å². The predicted molar refractivity (Wildman–Crippen MR) is 54.6 cm³/mol. The van der Waals surface area contributed by atoms with Crippen LogP contribution in [0.4, 0.5) is 17.7 Å². The van der Waals surface area contributed by atoms with Gasteiger partial charge in [0.15, 0.2) is 0 Å². The number of unbranched alkanes of at least 4 members (excludes halogenated alkanes) is 5. The molecule has 0 aliphatic rings. The first-order valence-electron chi connectivity index (χ1n) is 5.53. The molecule has 0 aliphatic heterocycles. The third-order valence-corrected chi connectivity index (χ3v) is 2.20. The number of halogens is 4. The van der Waals surface area contributed by atoms with Crippen molar-refractivity contribution in [1.29, 1.82) is 0 Å². The van der Waals surface area contributed by atoms with Crippen LogP contribution in [0.5, 0.6) is 0 Å². The van der Waals surface area contributed by atoms with Gasteiger partial charge in [0.1, 0.15) is 0 Å². The summed E-state index contributed by atoms with van der Waals surface area (Å²) in [5, 5.41) is 0. The molecule has 5 heteroatoms. The Balaban J connectivity index is 3.65. The molecular formula is C11H18F4O. The van der Waals surface area contributed by atoms with E-state index in [1.165, 1.54) is 6.08 Å². The molecular weight excluding hydrogens is 224 g/mol. The minimum absolute atomic E-state index is 0.527. The van der Waals surface area contributed by atoms with Crippen LogP contribution in [0.3, 0.4) is 0 Å². The van der Waals surface area contributed by atoms with Gasteiger partial charge in [-0.05, 0) is 23.4 Å². The quantitative estimate of drug-likeness (QED) is 0.339. The van der Waals surface area contributed by atoms with Crippen LogP contribution < -0.4 is 0 Å². The largest absolute Gasteiger partial charge is 0.421 e. The van der Waals surface area contributed by atoms with Gasteiger partial charge in [-0.1, -0.05) is 38.7 Å². The summed E-state index contributed by atoms with van der Waals surface area (Å²) < 4.78 is 47.5. The zero-order chi connectivity index (χ0) is 12.4. The summed E-state index contributed by atoms with van der Waals surface area (Å²) in [7, 11) is 0. The van der Waals surface area contributed by atoms with Crippen molar-refractivity contribution >= 4 is 0 Å². The van der Waals surface area contributed by atoms with Gasteiger partial charge in [0.25, 0.3) is 0 Å². The number of allylic oxidation sites excluding steroid dienone is 1. The number of hydrogen-bond donors (Lipinski definition) is 0. The van der Waals surface area contributed by atoms with Gasteiger partial charge in [0.2, 0.25) is 6.10 Å². The highest BCUT2D eigenvalue weighted by atomic mass is 19.4. The fourth-order valence-electron chi connectivity index (χ4n) is 1.27. The first-order chi connectivity index (χ1) is 7.52. The molecule has 1 unspecified atom stereocenters. The first-order valence-corrected chi connectivity index (χ1v) is 5.53. The third kappa shape index (κ3) is 7.68. The van der Waals surface area contributed by atoms with E-state index < -0.39 is 12.3 Å². The Morgan fingerprint density at radius 3 is 2.25 bits per heavy atom. The Morgan fingerprint density at radius 1 is 1.12 bits per heavy atom. The van der Waals surface area contributed by atoms with Crippen LogP contribution in [0.1, 0.15) is 45.4 Å². The molecule has 0 bridgehead atoms. The molecule has 0 spiro atoms. The topological polar surface area (TPSA) is 9.23 Å². The molecule has 0 rings (SSSR count). The Hall–Kier alpha value is -0.580. The molecule has 16 heavy (non-hydrogen) atoms. The third-order valence-electron chi connectivity index (χ3n) is 2.20. The summed E-state index contributed by atoms with van der Waals surface area (Å²) in [5.41, 5.74) is 0. The van der Waals surface area contributed by atoms with Gasteiger partial charge in [-0.2, -0.15) is 18.1 Å². The molecule has 0 amide bonds. The van der Waals surface area contributed by atoms with Crippen molar-refractivity contribution < 1.29 is 22.6 Å². The van der Waals surface area contributed by atoms with Gasteiger partial charge >= 0.3 is 6.18 Å². The van der Waals surface area contributed by atoms with E-state index in [4.69, 9.17) is 0 Å². The average molecular weight is 242 g/mol. The molecule has 96 valence electrons. The first kappa shape index (κ1) is 15.4. The van der Waals surface area contributed by atoms with E-state index in [9.17, 15) is 17.7 Å². The van der Waals surface area contributed by atoms with Gasteiger partial charge < -0.3 is 0 Å². The van der Waals surface area contributed by atoms with Gasteiger partial charge in [0.05, 0.1) is 0 Å². The van der Waals surface area contributed by atoms with E-state index >= 15 is 0 Å². The van der Waals surface area contributed by atoms with E-state index in [1.807, 2.05) is 0 Å². The Kier molecular flexibility index (Phi) is 8.25. The minimum Gasteiger partial charge on any atom is -0.177 e. The Labute approximate surface area is 93.4 Å². The van der Waals surface area contributed by atoms with Crippen molar-refractivity contribution in [3.05, 3.63) is 12.2 Å². The summed E-state index contributed by atoms with van der Waals surface area (Å²) in [5.74, 6) is 0. The van der Waals surface area contributed by atoms with Crippen LogP contribution in [-0.2, 0) is 4.94 Å². The molecule has 0 N–H and O–H groups in total. The molecule has 0 radical (unpaired) electrons. The van der Waals surface area contributed by atoms with Gasteiger partial charge in [0, 0.05) is 0 Å². The summed E-state index contributed by atoms with van der Waals surface area (Å²) in [6.45, 7) is 2.09. The van der Waals surface area contributed by atoms with Crippen molar-refractivity contribution in [2.24, 2.45) is 0 Å². The Morgan fingerprint density at radius 2 is 1.75 bits per heavy atom. The summed E-state index contributed by atoms with van der Waals surface area (Å²) in [6, 6.07) is 0. The maximum Gasteiger partial charge on any atom is 0.421 e. The van der Waals surface area contributed by atoms with Gasteiger partial charge in [-0.15, -0.1) is 0 Å². The molecule has 1 nitrogen and oxygen atoms in total. The number of alkyl halides is 3. The molecule has 0 saturated carbocycles. The average Bonchev–Trinajstić information content (AvgIpc) is 2.20. The molecule has 0 aromatic heterocycles. The van der Waals surface area contributed by atoms with Crippen LogP contribution in [0, 0.1) is 0 Å². The molecule has 0 heterocycles. The van der Waals surface area contributed by atoms with E-state index in [0.717, 1.165) is 38.2 Å². The van der Waals surface area contributed by atoms with Gasteiger partial charge in [-0.25, -0.2) is 0 Å². The lowest BCUT2D eigenvalue weighted by Crippen LogP contribution is -2.27. The van der Waals surface area contributed by atoms with Crippen molar-refractivity contribution in [2.45, 2.75) is 57.7 Å². The smallest absolute Gasteiger partial charge is 0.177 e. The lowest BCUT2D eigenvalue weighted by molar-refractivity contribution is -0.278. The van der Waals surface area contributed by atoms with Crippen LogP contribution in [-0.4, -0.2) is 12.3 Å². The lowest BCUT2D eigenvalue weighted by atomic mass is 10.1. The monoisotopic (exact) mass is 242 g/mol. The van der Waals surface area contributed by atoms with Crippen LogP contribution in [0.15, 0.2) is 12.2 Å². The molecule has 0 aliphatic carbocycles. The number of hydrogen-bond acceptors (Lipinski definition) is 1. The normalized spacial score (nSPS) is 14.6. The predicted octanol–water partition coefficient (Wildman–Crippen LogP) is 4.74. The fourth-order valence-corrected chi connectivity index (χ4v) is 1.27. The lowest BCUT2D eigenvalue weighted by Gasteiger charge is -2.10. The fraction of sp³-hybridized carbons (Fsp3) is 0.818. The summed E-state index contributed by atoms with van der Waals surface area (Å²) in [4.78, 5) is 2.85. The summed E-state index contributed by atoms with van der Waals surface area (Å²) >= 11 is 0. The van der Waals surface area contributed by atoms with Crippen LogP contribution in [0.2, 0.25) is 0 Å². The maximum atomic E-state index is 12.0. The maximum absolute atomic E-state index is 12.0. The molecule has 0 saturated heterocycles. The second-order valence-electron chi connectivity index (χ2n) is 3.68. The zero-order valence-electron chi connectivity index (χ0n) is 9.39. The molecule has 0 aromatic rings. The van der Waals surface area contributed by atoms with Crippen LogP contribution >= 0.6 is 0 Å². The minimum atomic E-state index is -4.67. The second-order valence-corrected chi connectivity index (χ2v) is 3.68. The van der Waals surface area contributed by atoms with Crippen LogP contribution in [0.25, 0.3) is 0 Å². The highest BCUT2D eigenvalue weighted by molar-refractivity contribution is 4.92. The van der Waals surface area contributed by atoms with E-state index in [0.29, 0.717) is 6.42 Å². The van der Waals surface area contributed by atoms with Crippen molar-refractivity contribution in [1.82, 2.24) is 0 Å². The molecule has 0 fully saturated rings. The van der Waals surface area contributed by atoms with E-state index in [1.54, 1.807) is 0 Å². The van der Waals surface area contributed by atoms with E-state index in [-0.39, 0.29) is 0 Å². The molecule has 1 atom stereocenters. The van der Waals surface area contributed by atoms with Crippen molar-refractivity contribution in [3.8, 4) is 0 Å². The Bertz CT molecular complexity index is 189.